The third-order valence-electron chi connectivity index (χ3n) is 4.82. The molecule has 1 N–H and O–H groups in total. The Hall–Kier alpha value is -3.17. The van der Waals surface area contributed by atoms with Crippen LogP contribution in [0.4, 0.5) is 5.69 Å². The number of carbonyl (C=O) groups is 1. The van der Waals surface area contributed by atoms with Crippen LogP contribution in [0.15, 0.2) is 72.8 Å². The Balaban J connectivity index is 1.81. The molecule has 4 rings (SSSR count). The minimum atomic E-state index is -0.183. The summed E-state index contributed by atoms with van der Waals surface area (Å²) in [4.78, 5) is 17.9. The Kier molecular flexibility index (Phi) is 4.84. The highest BCUT2D eigenvalue weighted by Crippen LogP contribution is 2.27. The first kappa shape index (κ1) is 18.2. The molecule has 1 aromatic heterocycles. The topological polar surface area (TPSA) is 42.0 Å². The van der Waals surface area contributed by atoms with Crippen molar-refractivity contribution in [1.82, 2.24) is 4.98 Å². The predicted octanol–water partition coefficient (Wildman–Crippen LogP) is 6.42. The third kappa shape index (κ3) is 3.49. The van der Waals surface area contributed by atoms with Gasteiger partial charge in [-0.05, 0) is 43.7 Å². The smallest absolute Gasteiger partial charge is 0.256 e. The summed E-state index contributed by atoms with van der Waals surface area (Å²) in [5.41, 5.74) is 5.84. The molecule has 138 valence electrons. The van der Waals surface area contributed by atoms with E-state index in [0.29, 0.717) is 16.3 Å². The lowest BCUT2D eigenvalue weighted by Gasteiger charge is -2.13. The van der Waals surface area contributed by atoms with E-state index in [0.717, 1.165) is 27.7 Å². The van der Waals surface area contributed by atoms with Crippen molar-refractivity contribution in [2.24, 2.45) is 0 Å². The molecular formula is C24H19ClN2O. The molecule has 1 amide bonds. The van der Waals surface area contributed by atoms with Gasteiger partial charge in [-0.25, -0.2) is 4.98 Å². The Morgan fingerprint density at radius 3 is 2.46 bits per heavy atom. The summed E-state index contributed by atoms with van der Waals surface area (Å²) in [6.07, 6.45) is 0. The van der Waals surface area contributed by atoms with E-state index in [1.54, 1.807) is 0 Å². The molecule has 0 unspecified atom stereocenters. The number of benzene rings is 3. The number of hydrogen-bond donors (Lipinski definition) is 1. The zero-order valence-electron chi connectivity index (χ0n) is 15.7. The molecule has 0 atom stereocenters. The van der Waals surface area contributed by atoms with Crippen LogP contribution in [0.5, 0.6) is 0 Å². The maximum Gasteiger partial charge on any atom is 0.256 e. The molecule has 28 heavy (non-hydrogen) atoms. The van der Waals surface area contributed by atoms with Crippen molar-refractivity contribution in [2.75, 3.05) is 5.32 Å². The van der Waals surface area contributed by atoms with Crippen LogP contribution in [0.3, 0.4) is 0 Å². The maximum atomic E-state index is 13.1. The monoisotopic (exact) mass is 386 g/mol. The lowest BCUT2D eigenvalue weighted by atomic mass is 10.0. The van der Waals surface area contributed by atoms with Crippen molar-refractivity contribution in [2.45, 2.75) is 13.8 Å². The molecule has 0 bridgehead atoms. The van der Waals surface area contributed by atoms with Gasteiger partial charge in [-0.1, -0.05) is 65.7 Å². The van der Waals surface area contributed by atoms with Crippen LogP contribution in [0.2, 0.25) is 5.02 Å². The molecule has 3 nitrogen and oxygen atoms in total. The van der Waals surface area contributed by atoms with Gasteiger partial charge >= 0.3 is 0 Å². The molecule has 0 fully saturated rings. The van der Waals surface area contributed by atoms with Crippen molar-refractivity contribution in [3.05, 3.63) is 94.5 Å². The molecule has 3 aromatic carbocycles. The van der Waals surface area contributed by atoms with Gasteiger partial charge in [0.25, 0.3) is 5.91 Å². The van der Waals surface area contributed by atoms with Crippen molar-refractivity contribution in [3.8, 4) is 11.3 Å². The van der Waals surface area contributed by atoms with Crippen molar-refractivity contribution < 1.29 is 4.79 Å². The van der Waals surface area contributed by atoms with E-state index in [1.165, 1.54) is 5.56 Å². The Morgan fingerprint density at radius 1 is 0.929 bits per heavy atom. The van der Waals surface area contributed by atoms with Gasteiger partial charge in [0.15, 0.2) is 0 Å². The highest BCUT2D eigenvalue weighted by Gasteiger charge is 2.15. The summed E-state index contributed by atoms with van der Waals surface area (Å²) in [5, 5.41) is 4.43. The van der Waals surface area contributed by atoms with E-state index < -0.39 is 0 Å². The standard InChI is InChI=1S/C24H19ClN2O/c1-15-10-12-17(13-11-15)23-14-19(18-6-3-4-8-22(18)26-23)24(28)27-21-9-5-7-20(25)16(21)2/h3-14H,1-2H3,(H,27,28). The number of amides is 1. The number of aryl methyl sites for hydroxylation is 1. The van der Waals surface area contributed by atoms with E-state index in [4.69, 9.17) is 16.6 Å². The highest BCUT2D eigenvalue weighted by atomic mass is 35.5. The minimum Gasteiger partial charge on any atom is -0.322 e. The fourth-order valence-electron chi connectivity index (χ4n) is 3.17. The van der Waals surface area contributed by atoms with Crippen molar-refractivity contribution in [1.29, 1.82) is 0 Å². The quantitative estimate of drug-likeness (QED) is 0.441. The second-order valence-corrected chi connectivity index (χ2v) is 7.21. The molecule has 0 spiro atoms. The molecule has 0 aliphatic heterocycles. The predicted molar refractivity (Wildman–Crippen MR) is 116 cm³/mol. The highest BCUT2D eigenvalue weighted by molar-refractivity contribution is 6.31. The zero-order valence-corrected chi connectivity index (χ0v) is 16.4. The number of aromatic nitrogens is 1. The number of carbonyl (C=O) groups excluding carboxylic acids is 1. The van der Waals surface area contributed by atoms with Crippen LogP contribution >= 0.6 is 11.6 Å². The van der Waals surface area contributed by atoms with Crippen molar-refractivity contribution >= 4 is 34.1 Å². The molecule has 4 heteroatoms. The summed E-state index contributed by atoms with van der Waals surface area (Å²) in [6.45, 7) is 3.93. The van der Waals surface area contributed by atoms with Gasteiger partial charge in [0.2, 0.25) is 0 Å². The summed E-state index contributed by atoms with van der Waals surface area (Å²) >= 11 is 6.20. The van der Waals surface area contributed by atoms with E-state index in [2.05, 4.69) is 5.32 Å². The van der Waals surface area contributed by atoms with E-state index in [9.17, 15) is 4.79 Å². The van der Waals surface area contributed by atoms with Crippen LogP contribution in [-0.4, -0.2) is 10.9 Å². The second kappa shape index (κ2) is 7.45. The van der Waals surface area contributed by atoms with Crippen LogP contribution < -0.4 is 5.32 Å². The summed E-state index contributed by atoms with van der Waals surface area (Å²) in [6, 6.07) is 23.2. The molecule has 0 radical (unpaired) electrons. The van der Waals surface area contributed by atoms with Gasteiger partial charge in [-0.3, -0.25) is 4.79 Å². The fourth-order valence-corrected chi connectivity index (χ4v) is 3.34. The first-order valence-electron chi connectivity index (χ1n) is 9.06. The lowest BCUT2D eigenvalue weighted by Crippen LogP contribution is -2.14. The summed E-state index contributed by atoms with van der Waals surface area (Å²) < 4.78 is 0. The largest absolute Gasteiger partial charge is 0.322 e. The molecule has 0 saturated heterocycles. The molecule has 1 heterocycles. The van der Waals surface area contributed by atoms with Gasteiger partial charge in [-0.2, -0.15) is 0 Å². The normalized spacial score (nSPS) is 10.8. The number of anilines is 1. The van der Waals surface area contributed by atoms with Crippen molar-refractivity contribution in [3.63, 3.8) is 0 Å². The Morgan fingerprint density at radius 2 is 1.68 bits per heavy atom. The number of fused-ring (bicyclic) bond motifs is 1. The van der Waals surface area contributed by atoms with Gasteiger partial charge < -0.3 is 5.32 Å². The number of para-hydroxylation sites is 1. The SMILES string of the molecule is Cc1ccc(-c2cc(C(=O)Nc3cccc(Cl)c3C)c3ccccc3n2)cc1. The first-order chi connectivity index (χ1) is 13.5. The van der Waals surface area contributed by atoms with Crippen LogP contribution in [0.25, 0.3) is 22.2 Å². The van der Waals surface area contributed by atoms with E-state index in [1.807, 2.05) is 86.6 Å². The number of hydrogen-bond acceptors (Lipinski definition) is 2. The van der Waals surface area contributed by atoms with Crippen LogP contribution in [0, 0.1) is 13.8 Å². The summed E-state index contributed by atoms with van der Waals surface area (Å²) in [7, 11) is 0. The second-order valence-electron chi connectivity index (χ2n) is 6.80. The van der Waals surface area contributed by atoms with Crippen LogP contribution in [-0.2, 0) is 0 Å². The molecule has 0 saturated carbocycles. The average Bonchev–Trinajstić information content (AvgIpc) is 2.71. The van der Waals surface area contributed by atoms with E-state index in [-0.39, 0.29) is 5.91 Å². The first-order valence-corrected chi connectivity index (χ1v) is 9.44. The molecule has 0 aliphatic rings. The zero-order chi connectivity index (χ0) is 19.7. The number of halogens is 1. The lowest BCUT2D eigenvalue weighted by molar-refractivity contribution is 0.102. The number of nitrogens with one attached hydrogen (secondary N) is 1. The molecule has 0 aliphatic carbocycles. The minimum absolute atomic E-state index is 0.183. The third-order valence-corrected chi connectivity index (χ3v) is 5.23. The fraction of sp³-hybridized carbons (Fsp3) is 0.0833. The average molecular weight is 387 g/mol. The van der Waals surface area contributed by atoms with Gasteiger partial charge in [-0.15, -0.1) is 0 Å². The van der Waals surface area contributed by atoms with Gasteiger partial charge in [0.05, 0.1) is 16.8 Å². The van der Waals surface area contributed by atoms with Gasteiger partial charge in [0.1, 0.15) is 0 Å². The molecule has 4 aromatic rings. The van der Waals surface area contributed by atoms with Gasteiger partial charge in [0, 0.05) is 21.7 Å². The van der Waals surface area contributed by atoms with Crippen LogP contribution in [0.1, 0.15) is 21.5 Å². The molecular weight excluding hydrogens is 368 g/mol. The summed E-state index contributed by atoms with van der Waals surface area (Å²) in [5.74, 6) is -0.183. The maximum absolute atomic E-state index is 13.1. The number of nitrogens with zero attached hydrogens (tertiary/aromatic N) is 1. The number of pyridine rings is 1. The Labute approximate surface area is 169 Å². The van der Waals surface area contributed by atoms with E-state index >= 15 is 0 Å². The number of rotatable bonds is 3. The Bertz CT molecular complexity index is 1180.